The van der Waals surface area contributed by atoms with Crippen molar-refractivity contribution >= 4 is 33.3 Å². The molecule has 15 heavy (non-hydrogen) atoms. The quantitative estimate of drug-likeness (QED) is 0.733. The van der Waals surface area contributed by atoms with Crippen molar-refractivity contribution in [2.24, 2.45) is 5.92 Å². The Balaban J connectivity index is 2.78. The second kappa shape index (κ2) is 5.66. The van der Waals surface area contributed by atoms with Crippen molar-refractivity contribution in [3.63, 3.8) is 0 Å². The highest BCUT2D eigenvalue weighted by Crippen LogP contribution is 2.24. The standard InChI is InChI=1S/C12H14BrClO/c1-3-8(2)6-12(15)9-4-5-10(13)11(14)7-9/h4-5,7-8H,3,6H2,1-2H3. The second-order valence-electron chi connectivity index (χ2n) is 3.77. The summed E-state index contributed by atoms with van der Waals surface area (Å²) in [5, 5.41) is 0.588. The van der Waals surface area contributed by atoms with E-state index in [9.17, 15) is 4.79 Å². The fraction of sp³-hybridized carbons (Fsp3) is 0.417. The van der Waals surface area contributed by atoms with Crippen molar-refractivity contribution in [2.75, 3.05) is 0 Å². The van der Waals surface area contributed by atoms with Gasteiger partial charge in [0.2, 0.25) is 0 Å². The van der Waals surface area contributed by atoms with E-state index in [-0.39, 0.29) is 5.78 Å². The minimum Gasteiger partial charge on any atom is -0.294 e. The Morgan fingerprint density at radius 2 is 2.20 bits per heavy atom. The maximum Gasteiger partial charge on any atom is 0.163 e. The molecule has 0 spiro atoms. The average Bonchev–Trinajstić information content (AvgIpc) is 2.21. The molecule has 0 aromatic heterocycles. The Kier molecular flexibility index (Phi) is 4.81. The highest BCUT2D eigenvalue weighted by atomic mass is 79.9. The minimum absolute atomic E-state index is 0.166. The Hall–Kier alpha value is -0.340. The van der Waals surface area contributed by atoms with Crippen LogP contribution in [0.15, 0.2) is 22.7 Å². The predicted octanol–water partition coefficient (Wildman–Crippen LogP) is 4.72. The van der Waals surface area contributed by atoms with Crippen molar-refractivity contribution in [1.29, 1.82) is 0 Å². The maximum absolute atomic E-state index is 11.8. The lowest BCUT2D eigenvalue weighted by Crippen LogP contribution is -2.05. The van der Waals surface area contributed by atoms with E-state index in [1.54, 1.807) is 12.1 Å². The van der Waals surface area contributed by atoms with Crippen LogP contribution in [0.25, 0.3) is 0 Å². The zero-order chi connectivity index (χ0) is 11.4. The first-order chi connectivity index (χ1) is 7.04. The number of carbonyl (C=O) groups excluding carboxylic acids is 1. The first-order valence-corrected chi connectivity index (χ1v) is 6.20. The fourth-order valence-corrected chi connectivity index (χ4v) is 1.68. The van der Waals surface area contributed by atoms with Crippen LogP contribution in [0.4, 0.5) is 0 Å². The van der Waals surface area contributed by atoms with E-state index in [4.69, 9.17) is 11.6 Å². The van der Waals surface area contributed by atoms with E-state index in [0.29, 0.717) is 22.9 Å². The molecule has 0 saturated heterocycles. The summed E-state index contributed by atoms with van der Waals surface area (Å²) in [5.74, 6) is 0.596. The number of benzene rings is 1. The zero-order valence-electron chi connectivity index (χ0n) is 8.89. The van der Waals surface area contributed by atoms with Crippen LogP contribution in [0.2, 0.25) is 5.02 Å². The molecule has 0 radical (unpaired) electrons. The monoisotopic (exact) mass is 288 g/mol. The first kappa shape index (κ1) is 12.7. The molecule has 1 aromatic rings. The van der Waals surface area contributed by atoms with E-state index < -0.39 is 0 Å². The van der Waals surface area contributed by atoms with Crippen molar-refractivity contribution in [2.45, 2.75) is 26.7 Å². The summed E-state index contributed by atoms with van der Waals surface area (Å²) in [4.78, 5) is 11.8. The molecule has 0 aliphatic rings. The highest BCUT2D eigenvalue weighted by Gasteiger charge is 2.11. The van der Waals surface area contributed by atoms with E-state index in [1.807, 2.05) is 6.07 Å². The summed E-state index contributed by atoms with van der Waals surface area (Å²) < 4.78 is 0.823. The molecule has 0 aliphatic carbocycles. The Labute approximate surface area is 104 Å². The van der Waals surface area contributed by atoms with Gasteiger partial charge in [0.1, 0.15) is 0 Å². The van der Waals surface area contributed by atoms with Crippen LogP contribution in [-0.2, 0) is 0 Å². The molecule has 0 aliphatic heterocycles. The summed E-state index contributed by atoms with van der Waals surface area (Å²) in [6.45, 7) is 4.17. The molecule has 1 aromatic carbocycles. The van der Waals surface area contributed by atoms with Gasteiger partial charge in [0.25, 0.3) is 0 Å². The molecule has 1 atom stereocenters. The third-order valence-electron chi connectivity index (χ3n) is 2.47. The van der Waals surface area contributed by atoms with Gasteiger partial charge in [-0.25, -0.2) is 0 Å². The van der Waals surface area contributed by atoms with Crippen molar-refractivity contribution in [1.82, 2.24) is 0 Å². The number of Topliss-reactive ketones (excluding diaryl/α,β-unsaturated/α-hetero) is 1. The van der Waals surface area contributed by atoms with Gasteiger partial charge in [0.15, 0.2) is 5.78 Å². The van der Waals surface area contributed by atoms with E-state index in [1.165, 1.54) is 0 Å². The van der Waals surface area contributed by atoms with Crippen LogP contribution >= 0.6 is 27.5 Å². The van der Waals surface area contributed by atoms with Crippen molar-refractivity contribution < 1.29 is 4.79 Å². The van der Waals surface area contributed by atoms with Gasteiger partial charge in [-0.2, -0.15) is 0 Å². The average molecular weight is 290 g/mol. The van der Waals surface area contributed by atoms with Gasteiger partial charge < -0.3 is 0 Å². The number of hydrogen-bond acceptors (Lipinski definition) is 1. The molecule has 0 saturated carbocycles. The first-order valence-electron chi connectivity index (χ1n) is 5.02. The highest BCUT2D eigenvalue weighted by molar-refractivity contribution is 9.10. The van der Waals surface area contributed by atoms with Gasteiger partial charge in [0.05, 0.1) is 5.02 Å². The molecule has 0 N–H and O–H groups in total. The largest absolute Gasteiger partial charge is 0.294 e. The molecular formula is C12H14BrClO. The maximum atomic E-state index is 11.8. The Morgan fingerprint density at radius 3 is 2.73 bits per heavy atom. The number of halogens is 2. The van der Waals surface area contributed by atoms with Gasteiger partial charge in [-0.1, -0.05) is 37.9 Å². The lowest BCUT2D eigenvalue weighted by atomic mass is 9.98. The summed E-state index contributed by atoms with van der Waals surface area (Å²) in [6.07, 6.45) is 1.62. The molecule has 1 unspecified atom stereocenters. The smallest absolute Gasteiger partial charge is 0.163 e. The SMILES string of the molecule is CCC(C)CC(=O)c1ccc(Br)c(Cl)c1. The molecule has 0 heterocycles. The Morgan fingerprint density at radius 1 is 1.53 bits per heavy atom. The lowest BCUT2D eigenvalue weighted by Gasteiger charge is -2.07. The fourth-order valence-electron chi connectivity index (χ4n) is 1.25. The molecule has 0 amide bonds. The summed E-state index contributed by atoms with van der Waals surface area (Å²) in [5.41, 5.74) is 0.698. The Bertz CT molecular complexity index is 363. The molecule has 82 valence electrons. The van der Waals surface area contributed by atoms with Gasteiger partial charge >= 0.3 is 0 Å². The second-order valence-corrected chi connectivity index (χ2v) is 5.03. The van der Waals surface area contributed by atoms with E-state index in [0.717, 1.165) is 10.9 Å². The number of carbonyl (C=O) groups is 1. The molecule has 0 fully saturated rings. The number of hydrogen-bond donors (Lipinski definition) is 0. The van der Waals surface area contributed by atoms with Gasteiger partial charge in [-0.15, -0.1) is 0 Å². The van der Waals surface area contributed by atoms with Crippen LogP contribution in [-0.4, -0.2) is 5.78 Å². The predicted molar refractivity (Wildman–Crippen MR) is 67.6 cm³/mol. The van der Waals surface area contributed by atoms with E-state index in [2.05, 4.69) is 29.8 Å². The summed E-state index contributed by atoms with van der Waals surface area (Å²) in [7, 11) is 0. The molecular weight excluding hydrogens is 275 g/mol. The van der Waals surface area contributed by atoms with Crippen LogP contribution in [0, 0.1) is 5.92 Å². The van der Waals surface area contributed by atoms with Crippen LogP contribution in [0.3, 0.4) is 0 Å². The number of rotatable bonds is 4. The summed E-state index contributed by atoms with van der Waals surface area (Å²) in [6, 6.07) is 5.34. The molecule has 1 nitrogen and oxygen atoms in total. The van der Waals surface area contributed by atoms with Crippen LogP contribution in [0.5, 0.6) is 0 Å². The lowest BCUT2D eigenvalue weighted by molar-refractivity contribution is 0.0963. The molecule has 3 heteroatoms. The van der Waals surface area contributed by atoms with E-state index >= 15 is 0 Å². The minimum atomic E-state index is 0.166. The topological polar surface area (TPSA) is 17.1 Å². The van der Waals surface area contributed by atoms with Crippen molar-refractivity contribution in [3.8, 4) is 0 Å². The third-order valence-corrected chi connectivity index (χ3v) is 3.70. The van der Waals surface area contributed by atoms with Gasteiger partial charge in [-0.05, 0) is 34.0 Å². The van der Waals surface area contributed by atoms with Gasteiger partial charge in [0, 0.05) is 16.5 Å². The zero-order valence-corrected chi connectivity index (χ0v) is 11.2. The normalized spacial score (nSPS) is 12.5. The summed E-state index contributed by atoms with van der Waals surface area (Å²) >= 11 is 9.23. The van der Waals surface area contributed by atoms with Crippen LogP contribution < -0.4 is 0 Å². The van der Waals surface area contributed by atoms with Crippen LogP contribution in [0.1, 0.15) is 37.0 Å². The van der Waals surface area contributed by atoms with Gasteiger partial charge in [-0.3, -0.25) is 4.79 Å². The number of ketones is 1. The third kappa shape index (κ3) is 3.62. The molecule has 1 rings (SSSR count). The van der Waals surface area contributed by atoms with Crippen molar-refractivity contribution in [3.05, 3.63) is 33.3 Å². The molecule has 0 bridgehead atoms.